The molecule has 2 fully saturated rings. The normalized spacial score (nSPS) is 30.1. The van der Waals surface area contributed by atoms with Crippen molar-refractivity contribution in [1.29, 1.82) is 0 Å². The highest BCUT2D eigenvalue weighted by molar-refractivity contribution is 8.55. The smallest absolute Gasteiger partial charge is 0.387 e. The molecular weight excluding hydrogens is 805 g/mol. The Balaban J connectivity index is 1.05. The van der Waals surface area contributed by atoms with Gasteiger partial charge in [-0.1, -0.05) is 4.98 Å². The Morgan fingerprint density at radius 1 is 0.981 bits per heavy atom. The number of imidazole rings is 2. The van der Waals surface area contributed by atoms with Crippen LogP contribution in [-0.2, 0) is 50.6 Å². The van der Waals surface area contributed by atoms with Crippen LogP contribution in [0.5, 0.6) is 0 Å². The monoisotopic (exact) mass is 835 g/mol. The van der Waals surface area contributed by atoms with Crippen molar-refractivity contribution in [2.24, 2.45) is 7.05 Å². The number of phosphoric ester groups is 1. The zero-order chi connectivity index (χ0) is 38.1. The van der Waals surface area contributed by atoms with Gasteiger partial charge in [-0.3, -0.25) is 33.2 Å². The van der Waals surface area contributed by atoms with E-state index in [-0.39, 0.29) is 45.6 Å². The Hall–Kier alpha value is -2.72. The molecular formula is C21H30N10O16P3S2+. The Kier molecular flexibility index (Phi) is 10.6. The number of nitrogens with one attached hydrogen (secondary N) is 2. The summed E-state index contributed by atoms with van der Waals surface area (Å²) in [5.74, 6) is -1.10. The van der Waals surface area contributed by atoms with Gasteiger partial charge in [-0.25, -0.2) is 27.3 Å². The highest BCUT2D eigenvalue weighted by Crippen LogP contribution is 2.71. The topological polar surface area (TPSA) is 392 Å². The van der Waals surface area contributed by atoms with E-state index in [1.807, 2.05) is 0 Å². The summed E-state index contributed by atoms with van der Waals surface area (Å²) in [6.07, 6.45) is -10.0. The van der Waals surface area contributed by atoms with Crippen LogP contribution >= 0.6 is 32.7 Å². The van der Waals surface area contributed by atoms with Crippen molar-refractivity contribution in [3.63, 3.8) is 0 Å². The van der Waals surface area contributed by atoms with E-state index in [9.17, 15) is 53.8 Å². The van der Waals surface area contributed by atoms with Crippen molar-refractivity contribution < 1.29 is 71.4 Å². The van der Waals surface area contributed by atoms with E-state index in [4.69, 9.17) is 25.5 Å². The van der Waals surface area contributed by atoms with Gasteiger partial charge in [0.15, 0.2) is 23.7 Å². The number of aliphatic hydroxyl groups is 4. The molecule has 4 aromatic heterocycles. The molecule has 31 heteroatoms. The van der Waals surface area contributed by atoms with Gasteiger partial charge in [0, 0.05) is 5.75 Å². The molecule has 4 aromatic rings. The average Bonchev–Trinajstić information content (AvgIpc) is 3.74. The zero-order valence-corrected chi connectivity index (χ0v) is 30.3. The van der Waals surface area contributed by atoms with Crippen LogP contribution in [0.3, 0.4) is 0 Å². The fourth-order valence-electron chi connectivity index (χ4n) is 5.44. The molecule has 0 aromatic carbocycles. The SMILES string of the molecule is Cn1c[n+]([C@@H]2O[C@H](CSP(=O)(O)OP(O)(=S)OP(=O)(O)OC[C@H]3O[C@@H](n4cnc5c(=O)[nH]c(N)nc54)C(O)[C@H]3O)C(O)[C@@H]2O)c2nc(N)[nH]c(=O)c21. The van der Waals surface area contributed by atoms with E-state index in [0.717, 1.165) is 10.9 Å². The van der Waals surface area contributed by atoms with Gasteiger partial charge < -0.3 is 56.0 Å². The lowest BCUT2D eigenvalue weighted by atomic mass is 10.1. The first kappa shape index (κ1) is 39.0. The van der Waals surface area contributed by atoms with Gasteiger partial charge in [0.05, 0.1) is 26.1 Å². The van der Waals surface area contributed by atoms with Crippen LogP contribution in [0.4, 0.5) is 11.9 Å². The average molecular weight is 836 g/mol. The Labute approximate surface area is 297 Å². The number of aliphatic hydroxyl groups excluding tert-OH is 4. The third kappa shape index (κ3) is 7.75. The number of hydrogen-bond acceptors (Lipinski definition) is 20. The number of aromatic amines is 2. The number of fused-ring (bicyclic) bond motifs is 2. The summed E-state index contributed by atoms with van der Waals surface area (Å²) in [7, 11) is -3.93. The van der Waals surface area contributed by atoms with E-state index < -0.39 is 93.9 Å². The second-order valence-electron chi connectivity index (χ2n) is 11.3. The number of hydrogen-bond donors (Lipinski definition) is 11. The molecule has 286 valence electrons. The Morgan fingerprint density at radius 2 is 1.63 bits per heavy atom. The van der Waals surface area contributed by atoms with Crippen LogP contribution in [0.15, 0.2) is 22.2 Å². The molecule has 2 aliphatic heterocycles. The standard InChI is InChI=1S/C21H29N10O16P3S2/c1-29-5-31(15-9(29)17(37)28-21(23)26-15)19-13(35)11(33)7(45-19)3-52-49(40,41)47-50(42,51)46-48(38,39)43-2-6-10(32)12(34)18(44-6)30-4-24-8-14(30)25-20(22)27-16(8)36/h4-7,10-13,18-19,32-35H,2-3H2,1H3,(H8-,22,23,25,26,27,28,36,37,38,39,40,41,42,51)/p+1/t6-,7-,10+,11?,12?,13+,18-,19-,50?/m1/s1. The Bertz CT molecular complexity index is 2290. The number of nitrogens with two attached hydrogens (primary N) is 2. The maximum Gasteiger partial charge on any atom is 0.479 e. The summed E-state index contributed by atoms with van der Waals surface area (Å²) >= 11 is 4.68. The first-order chi connectivity index (χ1) is 24.2. The van der Waals surface area contributed by atoms with E-state index in [2.05, 4.69) is 45.3 Å². The quantitative estimate of drug-likeness (QED) is 0.0483. The largest absolute Gasteiger partial charge is 0.479 e. The van der Waals surface area contributed by atoms with Crippen molar-refractivity contribution in [1.82, 2.24) is 34.1 Å². The van der Waals surface area contributed by atoms with E-state index in [1.54, 1.807) is 0 Å². The van der Waals surface area contributed by atoms with E-state index >= 15 is 0 Å². The summed E-state index contributed by atoms with van der Waals surface area (Å²) in [6, 6.07) is 0. The van der Waals surface area contributed by atoms with Gasteiger partial charge >= 0.3 is 27.0 Å². The predicted octanol–water partition coefficient (Wildman–Crippen LogP) is -3.71. The molecule has 2 saturated heterocycles. The second kappa shape index (κ2) is 14.2. The summed E-state index contributed by atoms with van der Waals surface area (Å²) in [5.41, 5.74) is 9.68. The fraction of sp³-hybridized carbons (Fsp3) is 0.524. The highest BCUT2D eigenvalue weighted by Gasteiger charge is 2.49. The third-order valence-electron chi connectivity index (χ3n) is 7.68. The van der Waals surface area contributed by atoms with Crippen molar-refractivity contribution in [2.75, 3.05) is 23.8 Å². The number of aryl methyl sites for hydroxylation is 1. The number of nitrogen functional groups attached to an aromatic ring is 2. The van der Waals surface area contributed by atoms with Crippen LogP contribution in [0.25, 0.3) is 22.3 Å². The molecule has 0 radical (unpaired) electrons. The first-order valence-corrected chi connectivity index (χ1v) is 21.6. The summed E-state index contributed by atoms with van der Waals surface area (Å²) in [6.45, 7) is -11.1. The first-order valence-electron chi connectivity index (χ1n) is 14.4. The molecule has 6 rings (SSSR count). The maximum atomic E-state index is 12.8. The van der Waals surface area contributed by atoms with Crippen molar-refractivity contribution in [3.05, 3.63) is 33.4 Å². The van der Waals surface area contributed by atoms with E-state index in [1.165, 1.54) is 22.5 Å². The number of aromatic nitrogens is 8. The third-order valence-corrected chi connectivity index (χ3v) is 15.5. The Morgan fingerprint density at radius 3 is 2.35 bits per heavy atom. The minimum atomic E-state index is -5.44. The molecule has 0 saturated carbocycles. The lowest BCUT2D eigenvalue weighted by Crippen LogP contribution is -2.46. The van der Waals surface area contributed by atoms with Crippen LogP contribution in [0, 0.1) is 0 Å². The lowest BCUT2D eigenvalue weighted by Gasteiger charge is -2.22. The number of H-pyrrole nitrogens is 2. The molecule has 0 spiro atoms. The van der Waals surface area contributed by atoms with Crippen molar-refractivity contribution >= 4 is 78.8 Å². The van der Waals surface area contributed by atoms with Gasteiger partial charge in [-0.2, -0.15) is 4.98 Å². The summed E-state index contributed by atoms with van der Waals surface area (Å²) in [5, 5.41) is 42.3. The summed E-state index contributed by atoms with van der Waals surface area (Å²) in [4.78, 5) is 71.7. The molecule has 0 bridgehead atoms. The molecule has 2 aliphatic rings. The van der Waals surface area contributed by atoms with Crippen LogP contribution < -0.4 is 27.2 Å². The minimum Gasteiger partial charge on any atom is -0.387 e. The second-order valence-corrected chi connectivity index (χ2v) is 19.8. The van der Waals surface area contributed by atoms with Crippen LogP contribution in [0.1, 0.15) is 12.5 Å². The lowest BCUT2D eigenvalue weighted by molar-refractivity contribution is -0.745. The zero-order valence-electron chi connectivity index (χ0n) is 26.0. The summed E-state index contributed by atoms with van der Waals surface area (Å²) < 4.78 is 54.1. The van der Waals surface area contributed by atoms with Crippen molar-refractivity contribution in [3.8, 4) is 0 Å². The fourth-order valence-corrected chi connectivity index (χ4v) is 13.4. The number of ether oxygens (including phenoxy) is 2. The number of phosphoric acid groups is 1. The van der Waals surface area contributed by atoms with Gasteiger partial charge in [-0.05, 0) is 23.2 Å². The van der Waals surface area contributed by atoms with Gasteiger partial charge in [0.2, 0.25) is 17.7 Å². The van der Waals surface area contributed by atoms with Gasteiger partial charge in [-0.15, -0.1) is 0 Å². The van der Waals surface area contributed by atoms with Crippen molar-refractivity contribution in [2.45, 2.75) is 49.1 Å². The maximum absolute atomic E-state index is 12.8. The molecule has 6 heterocycles. The molecule has 26 nitrogen and oxygen atoms in total. The van der Waals surface area contributed by atoms with Gasteiger partial charge in [0.1, 0.15) is 30.5 Å². The molecule has 13 N–H and O–H groups in total. The molecule has 5 unspecified atom stereocenters. The number of nitrogens with zero attached hydrogens (tertiary/aromatic N) is 6. The molecule has 11 atom stereocenters. The van der Waals surface area contributed by atoms with Crippen LogP contribution in [-0.4, -0.2) is 118 Å². The van der Waals surface area contributed by atoms with E-state index in [0.29, 0.717) is 0 Å². The molecule has 52 heavy (non-hydrogen) atoms. The molecule has 0 aliphatic carbocycles. The van der Waals surface area contributed by atoms with Gasteiger partial charge in [0.25, 0.3) is 17.1 Å². The molecule has 0 amide bonds. The predicted molar refractivity (Wildman–Crippen MR) is 177 cm³/mol. The number of rotatable bonds is 12. The van der Waals surface area contributed by atoms with Crippen LogP contribution in [0.2, 0.25) is 0 Å². The minimum absolute atomic E-state index is 0.00392. The number of anilines is 2. The highest BCUT2D eigenvalue weighted by atomic mass is 32.7.